The van der Waals surface area contributed by atoms with Crippen molar-refractivity contribution in [3.63, 3.8) is 0 Å². The van der Waals surface area contributed by atoms with Gasteiger partial charge in [-0.25, -0.2) is 9.97 Å². The Kier molecular flexibility index (Phi) is 5.36. The fourth-order valence-electron chi connectivity index (χ4n) is 4.36. The highest BCUT2D eigenvalue weighted by molar-refractivity contribution is 5.95. The first kappa shape index (κ1) is 19.3. The summed E-state index contributed by atoms with van der Waals surface area (Å²) in [6.45, 7) is 3.94. The predicted molar refractivity (Wildman–Crippen MR) is 107 cm³/mol. The first-order valence-electron chi connectivity index (χ1n) is 10.6. The number of hydrogen-bond acceptors (Lipinski definition) is 5. The average molecular weight is 386 g/mol. The van der Waals surface area contributed by atoms with Crippen LogP contribution in [0, 0.1) is 12.8 Å². The van der Waals surface area contributed by atoms with Crippen LogP contribution >= 0.6 is 0 Å². The largest absolute Gasteiger partial charge is 0.331 e. The molecule has 2 aliphatic heterocycles. The van der Waals surface area contributed by atoms with Gasteiger partial charge in [-0.3, -0.25) is 14.5 Å². The van der Waals surface area contributed by atoms with E-state index in [1.165, 1.54) is 12.8 Å². The van der Waals surface area contributed by atoms with E-state index in [2.05, 4.69) is 0 Å². The number of aryl methyl sites for hydroxylation is 1. The quantitative estimate of drug-likeness (QED) is 0.776. The second-order valence-corrected chi connectivity index (χ2v) is 8.75. The molecular formula is C21H31N5O2. The third-order valence-electron chi connectivity index (χ3n) is 6.07. The van der Waals surface area contributed by atoms with Crippen LogP contribution in [-0.4, -0.2) is 65.3 Å². The lowest BCUT2D eigenvalue weighted by atomic mass is 9.99. The van der Waals surface area contributed by atoms with Crippen LogP contribution in [0.2, 0.25) is 0 Å². The maximum Gasteiger partial charge on any atom is 0.237 e. The van der Waals surface area contributed by atoms with Gasteiger partial charge in [0.25, 0.3) is 0 Å². The van der Waals surface area contributed by atoms with Gasteiger partial charge in [0.15, 0.2) is 5.82 Å². The molecule has 3 aliphatic rings. The van der Waals surface area contributed by atoms with E-state index < -0.39 is 0 Å². The lowest BCUT2D eigenvalue weighted by Gasteiger charge is -2.37. The van der Waals surface area contributed by atoms with Crippen molar-refractivity contribution in [2.45, 2.75) is 57.9 Å². The van der Waals surface area contributed by atoms with E-state index in [9.17, 15) is 9.59 Å². The second kappa shape index (κ2) is 7.78. The van der Waals surface area contributed by atoms with Crippen LogP contribution in [0.4, 0.5) is 5.82 Å². The van der Waals surface area contributed by atoms with Crippen molar-refractivity contribution in [2.24, 2.45) is 5.92 Å². The molecule has 1 aromatic rings. The number of rotatable bonds is 5. The normalized spacial score (nSPS) is 22.6. The van der Waals surface area contributed by atoms with Gasteiger partial charge in [0, 0.05) is 30.8 Å². The van der Waals surface area contributed by atoms with Crippen molar-refractivity contribution in [3.05, 3.63) is 17.1 Å². The third-order valence-corrected chi connectivity index (χ3v) is 6.07. The van der Waals surface area contributed by atoms with E-state index in [4.69, 9.17) is 9.97 Å². The van der Waals surface area contributed by atoms with Gasteiger partial charge in [-0.2, -0.15) is 0 Å². The molecule has 28 heavy (non-hydrogen) atoms. The summed E-state index contributed by atoms with van der Waals surface area (Å²) in [5.41, 5.74) is 2.06. The van der Waals surface area contributed by atoms with E-state index in [1.54, 1.807) is 0 Å². The number of carbonyl (C=O) groups excluding carboxylic acids is 2. The Bertz CT molecular complexity index is 774. The summed E-state index contributed by atoms with van der Waals surface area (Å²) in [6.07, 6.45) is 6.63. The second-order valence-electron chi connectivity index (χ2n) is 8.75. The van der Waals surface area contributed by atoms with Gasteiger partial charge in [-0.15, -0.1) is 0 Å². The zero-order chi connectivity index (χ0) is 19.8. The number of anilines is 1. The first-order chi connectivity index (χ1) is 13.4. The summed E-state index contributed by atoms with van der Waals surface area (Å²) in [7, 11) is 3.83. The van der Waals surface area contributed by atoms with Crippen LogP contribution < -0.4 is 4.90 Å². The highest BCUT2D eigenvalue weighted by Crippen LogP contribution is 2.37. The fourth-order valence-corrected chi connectivity index (χ4v) is 4.36. The minimum atomic E-state index is -0.0926. The number of amides is 2. The molecule has 1 aliphatic carbocycles. The molecule has 7 nitrogen and oxygen atoms in total. The molecule has 0 bridgehead atoms. The Morgan fingerprint density at radius 2 is 1.93 bits per heavy atom. The molecule has 4 rings (SSSR count). The number of piperidine rings is 1. The van der Waals surface area contributed by atoms with Gasteiger partial charge in [-0.05, 0) is 65.5 Å². The summed E-state index contributed by atoms with van der Waals surface area (Å²) >= 11 is 0. The predicted octanol–water partition coefficient (Wildman–Crippen LogP) is 2.09. The highest BCUT2D eigenvalue weighted by Gasteiger charge is 2.35. The monoisotopic (exact) mass is 385 g/mol. The number of likely N-dealkylation sites (tertiary alicyclic amines) is 1. The van der Waals surface area contributed by atoms with E-state index in [-0.39, 0.29) is 17.9 Å². The third kappa shape index (κ3) is 3.90. The molecule has 1 atom stereocenters. The van der Waals surface area contributed by atoms with Crippen molar-refractivity contribution in [3.8, 4) is 0 Å². The van der Waals surface area contributed by atoms with E-state index in [1.807, 2.05) is 35.7 Å². The lowest BCUT2D eigenvalue weighted by molar-refractivity contribution is -0.136. The van der Waals surface area contributed by atoms with Crippen LogP contribution in [0.15, 0.2) is 0 Å². The van der Waals surface area contributed by atoms with Crippen LogP contribution in [0.1, 0.15) is 61.6 Å². The van der Waals surface area contributed by atoms with Gasteiger partial charge in [0.2, 0.25) is 11.8 Å². The minimum absolute atomic E-state index is 0.0926. The van der Waals surface area contributed by atoms with Gasteiger partial charge >= 0.3 is 0 Å². The Morgan fingerprint density at radius 3 is 2.64 bits per heavy atom. The number of aromatic nitrogens is 2. The topological polar surface area (TPSA) is 69.6 Å². The van der Waals surface area contributed by atoms with Gasteiger partial charge in [0.1, 0.15) is 5.82 Å². The molecule has 152 valence electrons. The smallest absolute Gasteiger partial charge is 0.237 e. The molecule has 0 aromatic carbocycles. The fraction of sp³-hybridized carbons (Fsp3) is 0.714. The zero-order valence-electron chi connectivity index (χ0n) is 17.3. The summed E-state index contributed by atoms with van der Waals surface area (Å²) in [4.78, 5) is 40.9. The van der Waals surface area contributed by atoms with Crippen molar-refractivity contribution in [1.82, 2.24) is 19.8 Å². The molecule has 2 fully saturated rings. The SMILES string of the molecule is Cc1nc([C@@H]2CCCCN2C(=O)CN(C)C)nc2c1CCC(=O)N2CC1CC1. The Balaban J connectivity index is 1.67. The molecule has 0 radical (unpaired) electrons. The molecule has 1 saturated carbocycles. The number of carbonyl (C=O) groups is 2. The summed E-state index contributed by atoms with van der Waals surface area (Å²) in [5, 5.41) is 0. The maximum absolute atomic E-state index is 12.8. The molecule has 0 N–H and O–H groups in total. The molecule has 1 saturated heterocycles. The number of hydrogen-bond donors (Lipinski definition) is 0. The number of fused-ring (bicyclic) bond motifs is 1. The summed E-state index contributed by atoms with van der Waals surface area (Å²) in [5.74, 6) is 2.42. The zero-order valence-corrected chi connectivity index (χ0v) is 17.3. The van der Waals surface area contributed by atoms with Crippen LogP contribution in [0.3, 0.4) is 0 Å². The molecule has 2 amide bonds. The average Bonchev–Trinajstić information content (AvgIpc) is 3.47. The van der Waals surface area contributed by atoms with Crippen LogP contribution in [0.25, 0.3) is 0 Å². The van der Waals surface area contributed by atoms with Crippen LogP contribution in [0.5, 0.6) is 0 Å². The van der Waals surface area contributed by atoms with Gasteiger partial charge in [-0.1, -0.05) is 0 Å². The Hall–Kier alpha value is -2.02. The Morgan fingerprint density at radius 1 is 1.14 bits per heavy atom. The van der Waals surface area contributed by atoms with Crippen molar-refractivity contribution in [2.75, 3.05) is 38.6 Å². The molecular weight excluding hydrogens is 354 g/mol. The molecule has 0 spiro atoms. The van der Waals surface area contributed by atoms with E-state index in [0.29, 0.717) is 24.7 Å². The first-order valence-corrected chi connectivity index (χ1v) is 10.6. The van der Waals surface area contributed by atoms with E-state index in [0.717, 1.165) is 55.8 Å². The van der Waals surface area contributed by atoms with Crippen molar-refractivity contribution in [1.29, 1.82) is 0 Å². The van der Waals surface area contributed by atoms with Crippen molar-refractivity contribution < 1.29 is 9.59 Å². The molecule has 7 heteroatoms. The van der Waals surface area contributed by atoms with Gasteiger partial charge in [0.05, 0.1) is 12.6 Å². The summed E-state index contributed by atoms with van der Waals surface area (Å²) in [6, 6.07) is -0.0926. The number of nitrogens with zero attached hydrogens (tertiary/aromatic N) is 5. The Labute approximate surface area is 167 Å². The van der Waals surface area contributed by atoms with Crippen LogP contribution in [-0.2, 0) is 16.0 Å². The molecule has 3 heterocycles. The van der Waals surface area contributed by atoms with Crippen molar-refractivity contribution >= 4 is 17.6 Å². The maximum atomic E-state index is 12.8. The highest BCUT2D eigenvalue weighted by atomic mass is 16.2. The molecule has 1 aromatic heterocycles. The molecule has 0 unspecified atom stereocenters. The lowest BCUT2D eigenvalue weighted by Crippen LogP contribution is -2.44. The van der Waals surface area contributed by atoms with Gasteiger partial charge < -0.3 is 9.80 Å². The summed E-state index contributed by atoms with van der Waals surface area (Å²) < 4.78 is 0. The van der Waals surface area contributed by atoms with E-state index >= 15 is 0 Å². The minimum Gasteiger partial charge on any atom is -0.331 e. The number of likely N-dealkylation sites (N-methyl/N-ethyl adjacent to an activating group) is 1. The standard InChI is InChI=1S/C21H31N5O2/c1-14-16-9-10-18(27)26(12-15-7-8-15)21(16)23-20(22-14)17-6-4-5-11-25(17)19(28)13-24(2)3/h15,17H,4-13H2,1-3H3/t17-/m0/s1.